The van der Waals surface area contributed by atoms with Gasteiger partial charge < -0.3 is 0 Å². The molecule has 2 heteroatoms. The van der Waals surface area contributed by atoms with Crippen LogP contribution in [-0.4, -0.2) is 9.97 Å². The van der Waals surface area contributed by atoms with E-state index < -0.39 is 0 Å². The van der Waals surface area contributed by atoms with Crippen molar-refractivity contribution in [2.24, 2.45) is 0 Å². The Morgan fingerprint density at radius 3 is 1.56 bits per heavy atom. The third kappa shape index (κ3) is 2.58. The van der Waals surface area contributed by atoms with Crippen LogP contribution in [0.2, 0.25) is 0 Å². The summed E-state index contributed by atoms with van der Waals surface area (Å²) in [6, 6.07) is 25.6. The van der Waals surface area contributed by atoms with Gasteiger partial charge in [-0.05, 0) is 37.1 Å². The molecule has 1 saturated carbocycles. The van der Waals surface area contributed by atoms with Crippen molar-refractivity contribution in [2.75, 3.05) is 0 Å². The maximum atomic E-state index is 4.97. The molecule has 122 valence electrons. The average molecular weight is 324 g/mol. The summed E-state index contributed by atoms with van der Waals surface area (Å²) >= 11 is 0. The molecular formula is C23H20N2. The Bertz CT molecular complexity index is 969. The Labute approximate surface area is 147 Å². The first-order valence-corrected chi connectivity index (χ1v) is 9.10. The summed E-state index contributed by atoms with van der Waals surface area (Å²) in [5.41, 5.74) is 4.63. The molecule has 0 bridgehead atoms. The molecule has 5 rings (SSSR count). The number of rotatable bonds is 2. The first-order chi connectivity index (χ1) is 12.4. The largest absolute Gasteiger partial charge is 0.253 e. The minimum atomic E-state index is 0.471. The monoisotopic (exact) mass is 324 g/mol. The van der Waals surface area contributed by atoms with Crippen LogP contribution in [0.15, 0.2) is 72.8 Å². The maximum absolute atomic E-state index is 4.97. The highest BCUT2D eigenvalue weighted by Gasteiger charge is 2.32. The number of pyridine rings is 2. The van der Waals surface area contributed by atoms with Gasteiger partial charge >= 0.3 is 0 Å². The molecule has 2 heterocycles. The second-order valence-corrected chi connectivity index (χ2v) is 7.00. The number of para-hydroxylation sites is 2. The SMILES string of the molecule is c1ccc2nc(C3CCCC3c3ccc4ccccc4n3)ccc2c1. The van der Waals surface area contributed by atoms with Gasteiger partial charge in [-0.1, -0.05) is 55.0 Å². The van der Waals surface area contributed by atoms with E-state index in [-0.39, 0.29) is 0 Å². The fraction of sp³-hybridized carbons (Fsp3) is 0.217. The number of fused-ring (bicyclic) bond motifs is 2. The first kappa shape index (κ1) is 14.6. The van der Waals surface area contributed by atoms with Crippen LogP contribution in [0.25, 0.3) is 21.8 Å². The van der Waals surface area contributed by atoms with E-state index in [2.05, 4.69) is 72.8 Å². The van der Waals surface area contributed by atoms with E-state index >= 15 is 0 Å². The Balaban J connectivity index is 1.55. The smallest absolute Gasteiger partial charge is 0.0705 e. The van der Waals surface area contributed by atoms with E-state index in [0.29, 0.717) is 11.8 Å². The molecule has 0 radical (unpaired) electrons. The molecule has 2 aromatic carbocycles. The van der Waals surface area contributed by atoms with E-state index in [1.807, 2.05) is 0 Å². The molecule has 2 unspecified atom stereocenters. The van der Waals surface area contributed by atoms with Gasteiger partial charge in [0.15, 0.2) is 0 Å². The highest BCUT2D eigenvalue weighted by molar-refractivity contribution is 5.79. The summed E-state index contributed by atoms with van der Waals surface area (Å²) in [6.07, 6.45) is 3.65. The van der Waals surface area contributed by atoms with Crippen LogP contribution in [0.5, 0.6) is 0 Å². The molecule has 1 fully saturated rings. The van der Waals surface area contributed by atoms with Gasteiger partial charge in [-0.25, -0.2) is 0 Å². The lowest BCUT2D eigenvalue weighted by Gasteiger charge is -2.19. The Morgan fingerprint density at radius 2 is 1.04 bits per heavy atom. The molecule has 4 aromatic rings. The van der Waals surface area contributed by atoms with E-state index in [4.69, 9.17) is 9.97 Å². The zero-order valence-corrected chi connectivity index (χ0v) is 14.1. The fourth-order valence-electron chi connectivity index (χ4n) is 4.24. The minimum Gasteiger partial charge on any atom is -0.253 e. The lowest BCUT2D eigenvalue weighted by atomic mass is 9.89. The standard InChI is InChI=1S/C23H20N2/c1-3-10-20-16(6-1)12-14-22(24-20)18-8-5-9-19(18)23-15-13-17-7-2-4-11-21(17)25-23/h1-4,6-7,10-15,18-19H,5,8-9H2. The van der Waals surface area contributed by atoms with Crippen LogP contribution in [0.3, 0.4) is 0 Å². The van der Waals surface area contributed by atoms with Crippen molar-refractivity contribution < 1.29 is 0 Å². The van der Waals surface area contributed by atoms with Gasteiger partial charge in [0.2, 0.25) is 0 Å². The molecule has 0 N–H and O–H groups in total. The molecule has 1 aliphatic rings. The Hall–Kier alpha value is -2.74. The normalized spacial score (nSPS) is 20.3. The van der Waals surface area contributed by atoms with Crippen LogP contribution in [0.1, 0.15) is 42.5 Å². The van der Waals surface area contributed by atoms with Crippen LogP contribution in [0.4, 0.5) is 0 Å². The number of nitrogens with zero attached hydrogens (tertiary/aromatic N) is 2. The Morgan fingerprint density at radius 1 is 0.560 bits per heavy atom. The van der Waals surface area contributed by atoms with Gasteiger partial charge in [-0.2, -0.15) is 0 Å². The molecule has 25 heavy (non-hydrogen) atoms. The average Bonchev–Trinajstić information content (AvgIpc) is 3.17. The third-order valence-corrected chi connectivity index (χ3v) is 5.52. The molecular weight excluding hydrogens is 304 g/mol. The molecule has 1 aliphatic carbocycles. The van der Waals surface area contributed by atoms with Gasteiger partial charge in [0.05, 0.1) is 11.0 Å². The molecule has 0 amide bonds. The van der Waals surface area contributed by atoms with Crippen molar-refractivity contribution in [2.45, 2.75) is 31.1 Å². The van der Waals surface area contributed by atoms with Gasteiger partial charge in [0.1, 0.15) is 0 Å². The van der Waals surface area contributed by atoms with Crippen LogP contribution >= 0.6 is 0 Å². The summed E-state index contributed by atoms with van der Waals surface area (Å²) < 4.78 is 0. The first-order valence-electron chi connectivity index (χ1n) is 9.10. The summed E-state index contributed by atoms with van der Waals surface area (Å²) in [5, 5.41) is 2.43. The number of hydrogen-bond acceptors (Lipinski definition) is 2. The fourth-order valence-corrected chi connectivity index (χ4v) is 4.24. The van der Waals surface area contributed by atoms with Crippen molar-refractivity contribution in [1.82, 2.24) is 9.97 Å². The van der Waals surface area contributed by atoms with Crippen molar-refractivity contribution in [3.05, 3.63) is 84.2 Å². The highest BCUT2D eigenvalue weighted by Crippen LogP contribution is 2.45. The van der Waals surface area contributed by atoms with Gasteiger partial charge in [0.25, 0.3) is 0 Å². The number of hydrogen-bond donors (Lipinski definition) is 0. The molecule has 2 aromatic heterocycles. The lowest BCUT2D eigenvalue weighted by Crippen LogP contribution is -2.08. The maximum Gasteiger partial charge on any atom is 0.0705 e. The van der Waals surface area contributed by atoms with Crippen LogP contribution in [-0.2, 0) is 0 Å². The highest BCUT2D eigenvalue weighted by atomic mass is 14.7. The van der Waals surface area contributed by atoms with Crippen molar-refractivity contribution in [3.63, 3.8) is 0 Å². The molecule has 0 saturated heterocycles. The van der Waals surface area contributed by atoms with Crippen LogP contribution in [0, 0.1) is 0 Å². The summed E-state index contributed by atoms with van der Waals surface area (Å²) in [5.74, 6) is 0.941. The van der Waals surface area contributed by atoms with Crippen molar-refractivity contribution in [3.8, 4) is 0 Å². The molecule has 2 nitrogen and oxygen atoms in total. The van der Waals surface area contributed by atoms with Crippen LogP contribution < -0.4 is 0 Å². The zero-order chi connectivity index (χ0) is 16.6. The van der Waals surface area contributed by atoms with E-state index in [0.717, 1.165) is 11.0 Å². The van der Waals surface area contributed by atoms with Gasteiger partial charge in [-0.3, -0.25) is 9.97 Å². The molecule has 0 spiro atoms. The van der Waals surface area contributed by atoms with E-state index in [9.17, 15) is 0 Å². The second kappa shape index (κ2) is 5.96. The Kier molecular flexibility index (Phi) is 3.48. The van der Waals surface area contributed by atoms with E-state index in [1.54, 1.807) is 0 Å². The van der Waals surface area contributed by atoms with Gasteiger partial charge in [-0.15, -0.1) is 0 Å². The quantitative estimate of drug-likeness (QED) is 0.463. The predicted octanol–water partition coefficient (Wildman–Crippen LogP) is 5.83. The third-order valence-electron chi connectivity index (χ3n) is 5.52. The lowest BCUT2D eigenvalue weighted by molar-refractivity contribution is 0.597. The minimum absolute atomic E-state index is 0.471. The predicted molar refractivity (Wildman–Crippen MR) is 103 cm³/mol. The van der Waals surface area contributed by atoms with Crippen molar-refractivity contribution in [1.29, 1.82) is 0 Å². The van der Waals surface area contributed by atoms with E-state index in [1.165, 1.54) is 41.4 Å². The number of benzene rings is 2. The summed E-state index contributed by atoms with van der Waals surface area (Å²) in [6.45, 7) is 0. The zero-order valence-electron chi connectivity index (χ0n) is 14.1. The van der Waals surface area contributed by atoms with Crippen molar-refractivity contribution >= 4 is 21.8 Å². The van der Waals surface area contributed by atoms with Gasteiger partial charge in [0, 0.05) is 34.0 Å². The second-order valence-electron chi connectivity index (χ2n) is 7.00. The summed E-state index contributed by atoms with van der Waals surface area (Å²) in [7, 11) is 0. The summed E-state index contributed by atoms with van der Waals surface area (Å²) in [4.78, 5) is 9.94. The molecule has 2 atom stereocenters. The number of aromatic nitrogens is 2. The molecule has 0 aliphatic heterocycles. The topological polar surface area (TPSA) is 25.8 Å².